The van der Waals surface area contributed by atoms with Gasteiger partial charge in [0.25, 0.3) is 0 Å². The maximum Gasteiger partial charge on any atom is 0.170 e. The lowest BCUT2D eigenvalue weighted by Crippen LogP contribution is -2.00. The van der Waals surface area contributed by atoms with E-state index in [1.54, 1.807) is 17.5 Å². The first-order chi connectivity index (χ1) is 7.13. The summed E-state index contributed by atoms with van der Waals surface area (Å²) in [5.74, 6) is -0.172. The summed E-state index contributed by atoms with van der Waals surface area (Å²) < 4.78 is 0. The van der Waals surface area contributed by atoms with Crippen LogP contribution < -0.4 is 0 Å². The highest BCUT2D eigenvalue weighted by molar-refractivity contribution is 7.11. The molecule has 78 valence electrons. The molecule has 0 spiro atoms. The van der Waals surface area contributed by atoms with Gasteiger partial charge in [0.2, 0.25) is 0 Å². The lowest BCUT2D eigenvalue weighted by molar-refractivity contribution is 0.0984. The van der Waals surface area contributed by atoms with E-state index in [1.807, 2.05) is 18.2 Å². The van der Waals surface area contributed by atoms with E-state index in [0.717, 1.165) is 0 Å². The van der Waals surface area contributed by atoms with E-state index >= 15 is 0 Å². The molecule has 2 nitrogen and oxygen atoms in total. The topological polar surface area (TPSA) is 34.1 Å². The van der Waals surface area contributed by atoms with Gasteiger partial charge in [0.1, 0.15) is 0 Å². The zero-order valence-corrected chi connectivity index (χ0v) is 9.51. The molecule has 0 radical (unpaired) electrons. The third kappa shape index (κ3) is 3.29. The van der Waals surface area contributed by atoms with Crippen LogP contribution in [0.4, 0.5) is 0 Å². The van der Waals surface area contributed by atoms with Crippen LogP contribution in [0, 0.1) is 0 Å². The van der Waals surface area contributed by atoms with Gasteiger partial charge in [-0.15, -0.1) is 11.3 Å². The molecule has 1 aromatic heterocycles. The molecule has 0 saturated carbocycles. The average molecular weight is 220 g/mol. The van der Waals surface area contributed by atoms with Gasteiger partial charge in [-0.2, -0.15) is 0 Å². The molecule has 1 heterocycles. The maximum atomic E-state index is 11.4. The molecule has 1 rings (SSSR count). The van der Waals surface area contributed by atoms with Crippen LogP contribution in [0.2, 0.25) is 0 Å². The van der Waals surface area contributed by atoms with Gasteiger partial charge in [0.05, 0.1) is 4.88 Å². The molecule has 0 aromatic carbocycles. The fourth-order valence-electron chi connectivity index (χ4n) is 1.12. The van der Waals surface area contributed by atoms with Crippen molar-refractivity contribution in [2.75, 3.05) is 0 Å². The van der Waals surface area contributed by atoms with Gasteiger partial charge in [0.15, 0.2) is 11.6 Å². The number of rotatable bonds is 2. The number of hydrogen-bond donors (Lipinski definition) is 0. The Balaban J connectivity index is 3.53. The summed E-state index contributed by atoms with van der Waals surface area (Å²) in [4.78, 5) is 23.2. The summed E-state index contributed by atoms with van der Waals surface area (Å²) in [5.41, 5.74) is 0.476. The lowest BCUT2D eigenvalue weighted by Gasteiger charge is -1.97. The second-order valence-corrected chi connectivity index (χ2v) is 3.96. The third-order valence-electron chi connectivity index (χ3n) is 1.80. The van der Waals surface area contributed by atoms with Crippen LogP contribution in [0.5, 0.6) is 0 Å². The van der Waals surface area contributed by atoms with Crippen molar-refractivity contribution >= 4 is 22.9 Å². The van der Waals surface area contributed by atoms with Gasteiger partial charge in [-0.25, -0.2) is 0 Å². The fourth-order valence-corrected chi connectivity index (χ4v) is 1.93. The van der Waals surface area contributed by atoms with Crippen LogP contribution in [0.15, 0.2) is 35.7 Å². The Bertz CT molecular complexity index is 392. The van der Waals surface area contributed by atoms with Gasteiger partial charge in [-0.1, -0.05) is 24.3 Å². The maximum absolute atomic E-state index is 11.4. The Morgan fingerprint density at radius 3 is 2.27 bits per heavy atom. The number of hydrogen-bond acceptors (Lipinski definition) is 3. The minimum atomic E-state index is -0.0901. The largest absolute Gasteiger partial charge is 0.294 e. The monoisotopic (exact) mass is 220 g/mol. The van der Waals surface area contributed by atoms with Crippen molar-refractivity contribution in [2.45, 2.75) is 13.8 Å². The first-order valence-corrected chi connectivity index (χ1v) is 5.43. The van der Waals surface area contributed by atoms with Crippen LogP contribution in [0.1, 0.15) is 33.9 Å². The molecule has 0 fully saturated rings. The van der Waals surface area contributed by atoms with Crippen molar-refractivity contribution in [1.29, 1.82) is 0 Å². The van der Waals surface area contributed by atoms with E-state index in [-0.39, 0.29) is 11.6 Å². The van der Waals surface area contributed by atoms with Crippen molar-refractivity contribution in [3.8, 4) is 0 Å². The zero-order valence-electron chi connectivity index (χ0n) is 8.69. The number of carbonyl (C=O) groups is 2. The number of carbonyl (C=O) groups excluding carboxylic acids is 2. The quantitative estimate of drug-likeness (QED) is 0.717. The lowest BCUT2D eigenvalue weighted by atomic mass is 10.1. The van der Waals surface area contributed by atoms with Crippen LogP contribution in [0.25, 0.3) is 0 Å². The summed E-state index contributed by atoms with van der Waals surface area (Å²) in [5, 5.41) is 1.79. The molecule has 0 aliphatic heterocycles. The van der Waals surface area contributed by atoms with E-state index in [1.165, 1.54) is 25.2 Å². The standard InChI is InChI=1S/C12H12O2S/c1-9(13)11-7-5-3-4-6-8-15-12(11)10(2)14/h3-8H,1-2H3. The molecule has 1 aromatic rings. The summed E-state index contributed by atoms with van der Waals surface area (Å²) in [6.45, 7) is 2.94. The van der Waals surface area contributed by atoms with Crippen LogP contribution in [0.3, 0.4) is 0 Å². The van der Waals surface area contributed by atoms with Gasteiger partial charge < -0.3 is 0 Å². The SMILES string of the molecule is CC(=O)c1ccccccsc1C(C)=O. The minimum absolute atomic E-state index is 0.0820. The van der Waals surface area contributed by atoms with E-state index in [9.17, 15) is 9.59 Å². The highest BCUT2D eigenvalue weighted by Crippen LogP contribution is 2.12. The van der Waals surface area contributed by atoms with Crippen molar-refractivity contribution in [1.82, 2.24) is 0 Å². The molecule has 0 atom stereocenters. The summed E-state index contributed by atoms with van der Waals surface area (Å²) in [6, 6.07) is 8.94. The first-order valence-electron chi connectivity index (χ1n) is 4.55. The van der Waals surface area contributed by atoms with Crippen LogP contribution >= 0.6 is 11.3 Å². The third-order valence-corrected chi connectivity index (χ3v) is 2.84. The smallest absolute Gasteiger partial charge is 0.170 e. The fraction of sp³-hybridized carbons (Fsp3) is 0.167. The second kappa shape index (κ2) is 5.41. The molecular formula is C12H12O2S. The average Bonchev–Trinajstić information content (AvgIpc) is 2.27. The van der Waals surface area contributed by atoms with E-state index in [2.05, 4.69) is 0 Å². The molecule has 0 aliphatic rings. The Hall–Kier alpha value is -1.48. The molecule has 0 N–H and O–H groups in total. The van der Waals surface area contributed by atoms with Gasteiger partial charge in [0, 0.05) is 5.56 Å². The summed E-state index contributed by atoms with van der Waals surface area (Å²) in [6.07, 6.45) is 0. The Kier molecular flexibility index (Phi) is 4.18. The van der Waals surface area contributed by atoms with Gasteiger partial charge >= 0.3 is 0 Å². The predicted octanol–water partition coefficient (Wildman–Crippen LogP) is 3.28. The highest BCUT2D eigenvalue weighted by atomic mass is 32.1. The van der Waals surface area contributed by atoms with E-state index < -0.39 is 0 Å². The second-order valence-electron chi connectivity index (χ2n) is 3.05. The number of Topliss-reactive ketones (excluding diaryl/α,β-unsaturated/α-hetero) is 2. The Morgan fingerprint density at radius 1 is 1.00 bits per heavy atom. The Labute approximate surface area is 92.9 Å². The van der Waals surface area contributed by atoms with E-state index in [4.69, 9.17) is 0 Å². The number of ketones is 2. The zero-order chi connectivity index (χ0) is 11.3. The molecule has 0 aliphatic carbocycles. The van der Waals surface area contributed by atoms with Crippen molar-refractivity contribution in [3.05, 3.63) is 46.2 Å². The van der Waals surface area contributed by atoms with E-state index in [0.29, 0.717) is 10.4 Å². The van der Waals surface area contributed by atoms with Gasteiger partial charge in [-0.3, -0.25) is 9.59 Å². The molecule has 0 unspecified atom stereocenters. The summed E-state index contributed by atoms with van der Waals surface area (Å²) in [7, 11) is 0. The van der Waals surface area contributed by atoms with Crippen molar-refractivity contribution in [3.63, 3.8) is 0 Å². The van der Waals surface area contributed by atoms with Crippen molar-refractivity contribution in [2.24, 2.45) is 0 Å². The Morgan fingerprint density at radius 2 is 1.67 bits per heavy atom. The van der Waals surface area contributed by atoms with Crippen LogP contribution in [-0.2, 0) is 0 Å². The normalized spacial score (nSPS) is 9.20. The molecule has 0 amide bonds. The van der Waals surface area contributed by atoms with Crippen LogP contribution in [-0.4, -0.2) is 11.6 Å². The minimum Gasteiger partial charge on any atom is -0.294 e. The van der Waals surface area contributed by atoms with Crippen molar-refractivity contribution < 1.29 is 9.59 Å². The predicted molar refractivity (Wildman–Crippen MR) is 62.0 cm³/mol. The highest BCUT2D eigenvalue weighted by Gasteiger charge is 2.08. The first kappa shape index (κ1) is 11.6. The molecule has 0 bridgehead atoms. The molecular weight excluding hydrogens is 208 g/mol. The summed E-state index contributed by atoms with van der Waals surface area (Å²) >= 11 is 1.28. The molecule has 0 saturated heterocycles. The van der Waals surface area contributed by atoms with Gasteiger partial charge in [-0.05, 0) is 25.3 Å². The molecule has 15 heavy (non-hydrogen) atoms. The molecule has 3 heteroatoms.